The highest BCUT2D eigenvalue weighted by Crippen LogP contribution is 2.37. The zero-order valence-electron chi connectivity index (χ0n) is 21.0. The minimum absolute atomic E-state index is 0. The second-order valence-electron chi connectivity index (χ2n) is 9.49. The molecule has 1 aliphatic rings. The van der Waals surface area contributed by atoms with Crippen molar-refractivity contribution in [1.29, 1.82) is 0 Å². The van der Waals surface area contributed by atoms with Crippen LogP contribution in [-0.4, -0.2) is 83.9 Å². The third kappa shape index (κ3) is 11.8. The summed E-state index contributed by atoms with van der Waals surface area (Å²) in [5.41, 5.74) is -3.44. The Morgan fingerprint density at radius 2 is 1.18 bits per heavy atom. The zero-order chi connectivity index (χ0) is 29.5. The molecule has 1 rings (SSSR count). The van der Waals surface area contributed by atoms with Gasteiger partial charge in [-0.3, -0.25) is 38.4 Å². The molecule has 1 aliphatic heterocycles. The fourth-order valence-electron chi connectivity index (χ4n) is 3.65. The number of ether oxygens (including phenoxy) is 1. The largest absolute Gasteiger partial charge is 0.481 e. The predicted octanol–water partition coefficient (Wildman–Crippen LogP) is 1.09. The number of carbonyl (C=O) groups excluding carboxylic acids is 2. The van der Waals surface area contributed by atoms with E-state index in [2.05, 4.69) is 4.74 Å². The third-order valence-corrected chi connectivity index (χ3v) is 6.25. The highest BCUT2D eigenvalue weighted by atomic mass is 16.6. The summed E-state index contributed by atoms with van der Waals surface area (Å²) in [5, 5.41) is 53.2. The molecule has 1 heterocycles. The van der Waals surface area contributed by atoms with E-state index in [9.17, 15) is 38.4 Å². The maximum absolute atomic E-state index is 11.4. The van der Waals surface area contributed by atoms with Crippen LogP contribution >= 0.6 is 0 Å². The first kappa shape index (κ1) is 43.0. The quantitative estimate of drug-likeness (QED) is 0.130. The minimum atomic E-state index is -1.83. The average molecular weight is 585 g/mol. The van der Waals surface area contributed by atoms with Crippen LogP contribution in [0.1, 0.15) is 68.2 Å². The number of cyclic esters (lactones) is 2. The number of hydrogen-bond acceptors (Lipinski definition) is 9. The normalized spacial score (nSPS) is 20.0. The Labute approximate surface area is 230 Å². The molecule has 1 fully saturated rings. The van der Waals surface area contributed by atoms with Crippen LogP contribution in [0.5, 0.6) is 0 Å². The molecule has 6 atom stereocenters. The Kier molecular flexibility index (Phi) is 18.0. The second-order valence-corrected chi connectivity index (χ2v) is 9.49. The van der Waals surface area contributed by atoms with E-state index < -0.39 is 102 Å². The molecule has 0 aromatic carbocycles. The molecule has 0 saturated carbocycles. The molecule has 0 radical (unpaired) electrons. The Morgan fingerprint density at radius 3 is 1.45 bits per heavy atom. The summed E-state index contributed by atoms with van der Waals surface area (Å²) in [6, 6.07) is 0. The summed E-state index contributed by atoms with van der Waals surface area (Å²) in [7, 11) is 0. The Balaban J connectivity index is -0.000000302. The van der Waals surface area contributed by atoms with E-state index in [1.165, 1.54) is 13.8 Å². The summed E-state index contributed by atoms with van der Waals surface area (Å²) >= 11 is 0. The molecule has 16 heteroatoms. The molecular formula is C24H40O16. The molecule has 0 aromatic heterocycles. The molecule has 6 unspecified atom stereocenters. The van der Waals surface area contributed by atoms with Crippen molar-refractivity contribution < 1.29 is 79.2 Å². The maximum Gasteiger partial charge on any atom is 0.317 e. The van der Waals surface area contributed by atoms with Gasteiger partial charge in [-0.25, -0.2) is 0 Å². The van der Waals surface area contributed by atoms with Gasteiger partial charge in [0.2, 0.25) is 0 Å². The Hall–Kier alpha value is -4.08. The molecular weight excluding hydrogens is 544 g/mol. The van der Waals surface area contributed by atoms with Gasteiger partial charge in [-0.1, -0.05) is 28.7 Å². The van der Waals surface area contributed by atoms with Gasteiger partial charge >= 0.3 is 47.8 Å². The highest BCUT2D eigenvalue weighted by Gasteiger charge is 2.48. The number of carboxylic acids is 6. The smallest absolute Gasteiger partial charge is 0.317 e. The lowest BCUT2D eigenvalue weighted by molar-refractivity contribution is -0.161. The van der Waals surface area contributed by atoms with Crippen molar-refractivity contribution in [3.63, 3.8) is 0 Å². The minimum Gasteiger partial charge on any atom is -0.481 e. The van der Waals surface area contributed by atoms with Gasteiger partial charge in [-0.2, -0.15) is 0 Å². The third-order valence-electron chi connectivity index (χ3n) is 6.25. The number of carboxylic acid groups (broad SMARTS) is 6. The lowest BCUT2D eigenvalue weighted by atomic mass is 9.74. The van der Waals surface area contributed by atoms with Gasteiger partial charge < -0.3 is 40.9 Å². The fourth-order valence-corrected chi connectivity index (χ4v) is 3.65. The van der Waals surface area contributed by atoms with Gasteiger partial charge in [0, 0.05) is 0 Å². The van der Waals surface area contributed by atoms with Gasteiger partial charge in [0.15, 0.2) is 0 Å². The van der Waals surface area contributed by atoms with Crippen LogP contribution < -0.4 is 0 Å². The number of carbonyl (C=O) groups is 8. The molecule has 1 saturated heterocycles. The Morgan fingerprint density at radius 1 is 0.775 bits per heavy atom. The van der Waals surface area contributed by atoms with Crippen LogP contribution in [0.15, 0.2) is 0 Å². The maximum atomic E-state index is 11.4. The molecule has 8 N–H and O–H groups in total. The number of aliphatic carboxylic acids is 6. The van der Waals surface area contributed by atoms with Gasteiger partial charge in [0.05, 0.1) is 47.3 Å². The first-order valence-corrected chi connectivity index (χ1v) is 10.8. The SMILES string of the molecule is C.C.CC(C(=O)O)C(CC(C)(CC(=O)O)C(=O)O)C(=O)O.CC1C(=O)OC(=O)C1CC(C)(CC(=O)O)C(=O)O.O. The number of hydrogen-bond donors (Lipinski definition) is 6. The van der Waals surface area contributed by atoms with E-state index in [-0.39, 0.29) is 26.8 Å². The molecule has 0 spiro atoms. The lowest BCUT2D eigenvalue weighted by Crippen LogP contribution is -2.38. The molecule has 0 amide bonds. The van der Waals surface area contributed by atoms with Gasteiger partial charge in [0.1, 0.15) is 0 Å². The predicted molar refractivity (Wildman–Crippen MR) is 134 cm³/mol. The van der Waals surface area contributed by atoms with Gasteiger partial charge in [0.25, 0.3) is 0 Å². The number of esters is 2. The topological polar surface area (TPSA) is 299 Å². The second kappa shape index (κ2) is 16.8. The van der Waals surface area contributed by atoms with Crippen molar-refractivity contribution in [1.82, 2.24) is 0 Å². The number of rotatable bonds is 13. The summed E-state index contributed by atoms with van der Waals surface area (Å²) in [6.07, 6.45) is -2.21. The first-order valence-electron chi connectivity index (χ1n) is 10.8. The van der Waals surface area contributed by atoms with E-state index in [0.717, 1.165) is 13.8 Å². The molecule has 0 bridgehead atoms. The van der Waals surface area contributed by atoms with Crippen LogP contribution in [0.25, 0.3) is 0 Å². The van der Waals surface area contributed by atoms with Crippen molar-refractivity contribution in [2.45, 2.75) is 68.2 Å². The first-order chi connectivity index (χ1) is 16.7. The summed E-state index contributed by atoms with van der Waals surface area (Å²) in [6.45, 7) is 4.94. The zero-order valence-corrected chi connectivity index (χ0v) is 21.0. The molecule has 40 heavy (non-hydrogen) atoms. The van der Waals surface area contributed by atoms with Crippen LogP contribution in [0.4, 0.5) is 0 Å². The fraction of sp³-hybridized carbons (Fsp3) is 0.667. The van der Waals surface area contributed by atoms with Crippen molar-refractivity contribution in [3.05, 3.63) is 0 Å². The Bertz CT molecular complexity index is 972. The van der Waals surface area contributed by atoms with Crippen LogP contribution in [0.2, 0.25) is 0 Å². The molecule has 232 valence electrons. The van der Waals surface area contributed by atoms with E-state index >= 15 is 0 Å². The molecule has 0 aliphatic carbocycles. The van der Waals surface area contributed by atoms with Crippen LogP contribution in [0.3, 0.4) is 0 Å². The van der Waals surface area contributed by atoms with E-state index in [0.29, 0.717) is 0 Å². The van der Waals surface area contributed by atoms with Crippen LogP contribution in [-0.2, 0) is 43.1 Å². The molecule has 0 aromatic rings. The van der Waals surface area contributed by atoms with Crippen molar-refractivity contribution >= 4 is 47.8 Å². The standard InChI is InChI=1S/C11H16O8.C11H14O7.2CH4.H2O/c1-5(8(14)15)6(9(16)17)3-11(2,10(18)19)4-7(12)13;1-5-6(9(15)18-8(5)14)3-11(2,10(16)17)4-7(12)13;;;/h5-6H,3-4H2,1-2H3,(H,12,13)(H,14,15)(H,16,17)(H,18,19);5-6H,3-4H2,1-2H3,(H,12,13)(H,16,17);2*1H4;1H2. The highest BCUT2D eigenvalue weighted by molar-refractivity contribution is 5.96. The lowest BCUT2D eigenvalue weighted by Gasteiger charge is -2.27. The molecule has 16 nitrogen and oxygen atoms in total. The summed E-state index contributed by atoms with van der Waals surface area (Å²) in [4.78, 5) is 88.0. The van der Waals surface area contributed by atoms with Crippen molar-refractivity contribution in [3.8, 4) is 0 Å². The monoisotopic (exact) mass is 584 g/mol. The van der Waals surface area contributed by atoms with Gasteiger partial charge in [-0.05, 0) is 26.7 Å². The summed E-state index contributed by atoms with van der Waals surface area (Å²) < 4.78 is 4.40. The van der Waals surface area contributed by atoms with E-state index in [1.807, 2.05) is 0 Å². The van der Waals surface area contributed by atoms with Crippen LogP contribution in [0, 0.1) is 34.5 Å². The average Bonchev–Trinajstić information content (AvgIpc) is 2.96. The van der Waals surface area contributed by atoms with Crippen molar-refractivity contribution in [2.75, 3.05) is 0 Å². The van der Waals surface area contributed by atoms with E-state index in [1.54, 1.807) is 0 Å². The van der Waals surface area contributed by atoms with Crippen molar-refractivity contribution in [2.24, 2.45) is 34.5 Å². The summed E-state index contributed by atoms with van der Waals surface area (Å²) in [5.74, 6) is -14.2. The van der Waals surface area contributed by atoms with E-state index in [4.69, 9.17) is 30.6 Å². The van der Waals surface area contributed by atoms with Gasteiger partial charge in [-0.15, -0.1) is 0 Å².